The standard InChI is InChI=1S/C11H9NO5S/c1-18(16,17)6-2-3-7-8(10(13)11(14)15)5-12-9(7)4-6/h2-5,12H,1H3,(H,14,15). The van der Waals surface area contributed by atoms with Crippen LogP contribution in [0.1, 0.15) is 10.4 Å². The molecule has 2 aromatic rings. The number of ketones is 1. The lowest BCUT2D eigenvalue weighted by atomic mass is 10.1. The molecule has 2 N–H and O–H groups in total. The zero-order chi connectivity index (χ0) is 13.5. The first kappa shape index (κ1) is 12.3. The fourth-order valence-electron chi connectivity index (χ4n) is 1.64. The molecule has 0 radical (unpaired) electrons. The van der Waals surface area contributed by atoms with E-state index in [1.54, 1.807) is 0 Å². The average Bonchev–Trinajstić information content (AvgIpc) is 2.69. The molecule has 1 heterocycles. The van der Waals surface area contributed by atoms with Gasteiger partial charge in [-0.05, 0) is 12.1 Å². The van der Waals surface area contributed by atoms with E-state index in [0.717, 1.165) is 6.26 Å². The van der Waals surface area contributed by atoms with E-state index in [2.05, 4.69) is 4.98 Å². The summed E-state index contributed by atoms with van der Waals surface area (Å²) in [6, 6.07) is 4.12. The molecule has 0 aliphatic rings. The van der Waals surface area contributed by atoms with Gasteiger partial charge in [0.2, 0.25) is 0 Å². The minimum atomic E-state index is -3.34. The zero-order valence-corrected chi connectivity index (χ0v) is 10.1. The molecule has 2 rings (SSSR count). The van der Waals surface area contributed by atoms with Crippen molar-refractivity contribution < 1.29 is 23.1 Å². The molecule has 0 spiro atoms. The van der Waals surface area contributed by atoms with E-state index < -0.39 is 21.6 Å². The highest BCUT2D eigenvalue weighted by atomic mass is 32.2. The van der Waals surface area contributed by atoms with Gasteiger partial charge in [-0.15, -0.1) is 0 Å². The summed E-state index contributed by atoms with van der Waals surface area (Å²) in [6.45, 7) is 0. The number of H-pyrrole nitrogens is 1. The molecule has 18 heavy (non-hydrogen) atoms. The Labute approximate surface area is 102 Å². The van der Waals surface area contributed by atoms with Crippen LogP contribution >= 0.6 is 0 Å². The highest BCUT2D eigenvalue weighted by Crippen LogP contribution is 2.22. The van der Waals surface area contributed by atoms with Crippen molar-refractivity contribution in [2.75, 3.05) is 6.26 Å². The van der Waals surface area contributed by atoms with Gasteiger partial charge in [-0.3, -0.25) is 4.79 Å². The van der Waals surface area contributed by atoms with Crippen LogP contribution in [-0.4, -0.2) is 36.5 Å². The molecule has 0 aliphatic carbocycles. The van der Waals surface area contributed by atoms with E-state index in [1.165, 1.54) is 24.4 Å². The van der Waals surface area contributed by atoms with Crippen LogP contribution in [0.15, 0.2) is 29.3 Å². The lowest BCUT2D eigenvalue weighted by molar-refractivity contribution is -0.131. The molecule has 0 fully saturated rings. The van der Waals surface area contributed by atoms with Gasteiger partial charge in [0.25, 0.3) is 5.78 Å². The predicted octanol–water partition coefficient (Wildman–Crippen LogP) is 0.839. The first-order valence-corrected chi connectivity index (χ1v) is 6.78. The van der Waals surface area contributed by atoms with Crippen molar-refractivity contribution in [3.8, 4) is 0 Å². The van der Waals surface area contributed by atoms with Gasteiger partial charge in [-0.1, -0.05) is 6.07 Å². The summed E-state index contributed by atoms with van der Waals surface area (Å²) in [5.74, 6) is -2.59. The summed E-state index contributed by atoms with van der Waals surface area (Å²) in [7, 11) is -3.34. The van der Waals surface area contributed by atoms with Crippen LogP contribution in [0.4, 0.5) is 0 Å². The van der Waals surface area contributed by atoms with Crippen molar-refractivity contribution in [3.05, 3.63) is 30.0 Å². The van der Waals surface area contributed by atoms with Crippen LogP contribution in [0.3, 0.4) is 0 Å². The molecule has 1 aromatic carbocycles. The van der Waals surface area contributed by atoms with Gasteiger partial charge in [0.1, 0.15) is 0 Å². The van der Waals surface area contributed by atoms with Crippen LogP contribution in [0.2, 0.25) is 0 Å². The second kappa shape index (κ2) is 3.95. The van der Waals surface area contributed by atoms with Gasteiger partial charge in [0.05, 0.1) is 10.5 Å². The number of carbonyl (C=O) groups is 2. The number of aliphatic carboxylic acids is 1. The molecule has 1 aromatic heterocycles. The predicted molar refractivity (Wildman–Crippen MR) is 63.4 cm³/mol. The Morgan fingerprint density at radius 3 is 2.50 bits per heavy atom. The highest BCUT2D eigenvalue weighted by molar-refractivity contribution is 7.90. The minimum absolute atomic E-state index is 0.0116. The molecule has 7 heteroatoms. The molecule has 0 bridgehead atoms. The number of rotatable bonds is 3. The number of aromatic amines is 1. The number of sulfone groups is 1. The van der Waals surface area contributed by atoms with Crippen molar-refractivity contribution in [2.45, 2.75) is 4.90 Å². The van der Waals surface area contributed by atoms with Crippen LogP contribution < -0.4 is 0 Å². The smallest absolute Gasteiger partial charge is 0.377 e. The number of hydrogen-bond acceptors (Lipinski definition) is 4. The quantitative estimate of drug-likeness (QED) is 0.633. The van der Waals surface area contributed by atoms with Gasteiger partial charge in [0, 0.05) is 23.4 Å². The SMILES string of the molecule is CS(=O)(=O)c1ccc2c(C(=O)C(=O)O)c[nH]c2c1. The van der Waals surface area contributed by atoms with Crippen molar-refractivity contribution in [1.82, 2.24) is 4.98 Å². The van der Waals surface area contributed by atoms with Crippen LogP contribution in [0, 0.1) is 0 Å². The molecule has 6 nitrogen and oxygen atoms in total. The second-order valence-corrected chi connectivity index (χ2v) is 5.83. The maximum absolute atomic E-state index is 11.4. The maximum Gasteiger partial charge on any atom is 0.377 e. The highest BCUT2D eigenvalue weighted by Gasteiger charge is 2.19. The first-order chi connectivity index (χ1) is 8.30. The number of carbonyl (C=O) groups excluding carboxylic acids is 1. The van der Waals surface area contributed by atoms with Crippen LogP contribution in [0.25, 0.3) is 10.9 Å². The van der Waals surface area contributed by atoms with Crippen molar-refractivity contribution in [2.24, 2.45) is 0 Å². The maximum atomic E-state index is 11.4. The van der Waals surface area contributed by atoms with Gasteiger partial charge in [-0.25, -0.2) is 13.2 Å². The summed E-state index contributed by atoms with van der Waals surface area (Å²) in [4.78, 5) is 24.8. The fraction of sp³-hybridized carbons (Fsp3) is 0.0909. The third kappa shape index (κ3) is 2.00. The van der Waals surface area contributed by atoms with Crippen LogP contribution in [0.5, 0.6) is 0 Å². The molecule has 0 aliphatic heterocycles. The lowest BCUT2D eigenvalue weighted by Gasteiger charge is -1.99. The largest absolute Gasteiger partial charge is 0.475 e. The number of carboxylic acids is 1. The number of fused-ring (bicyclic) bond motifs is 1. The number of Topliss-reactive ketones (excluding diaryl/α,β-unsaturated/α-hetero) is 1. The monoisotopic (exact) mass is 267 g/mol. The Morgan fingerprint density at radius 1 is 1.28 bits per heavy atom. The molecule has 0 saturated carbocycles. The lowest BCUT2D eigenvalue weighted by Crippen LogP contribution is -2.11. The zero-order valence-electron chi connectivity index (χ0n) is 9.30. The normalized spacial score (nSPS) is 11.6. The van der Waals surface area contributed by atoms with Crippen molar-refractivity contribution in [1.29, 1.82) is 0 Å². The third-order valence-electron chi connectivity index (χ3n) is 2.52. The third-order valence-corrected chi connectivity index (χ3v) is 3.63. The Bertz CT molecular complexity index is 757. The summed E-state index contributed by atoms with van der Waals surface area (Å²) >= 11 is 0. The average molecular weight is 267 g/mol. The molecule has 94 valence electrons. The van der Waals surface area contributed by atoms with E-state index >= 15 is 0 Å². The molecular weight excluding hydrogens is 258 g/mol. The van der Waals surface area contributed by atoms with Crippen LogP contribution in [-0.2, 0) is 14.6 Å². The number of hydrogen-bond donors (Lipinski definition) is 2. The van der Waals surface area contributed by atoms with Crippen molar-refractivity contribution in [3.63, 3.8) is 0 Å². The number of aromatic nitrogens is 1. The Morgan fingerprint density at radius 2 is 1.94 bits per heavy atom. The Hall–Kier alpha value is -2.15. The molecule has 0 unspecified atom stereocenters. The molecule has 0 atom stereocenters. The van der Waals surface area contributed by atoms with Gasteiger partial charge < -0.3 is 10.1 Å². The van der Waals surface area contributed by atoms with E-state index in [1.807, 2.05) is 0 Å². The first-order valence-electron chi connectivity index (χ1n) is 4.89. The summed E-state index contributed by atoms with van der Waals surface area (Å²) in [5, 5.41) is 9.02. The Balaban J connectivity index is 2.64. The van der Waals surface area contributed by atoms with Crippen molar-refractivity contribution >= 4 is 32.5 Å². The Kier molecular flexibility index (Phi) is 2.70. The summed E-state index contributed by atoms with van der Waals surface area (Å²) in [5.41, 5.74) is 0.417. The van der Waals surface area contributed by atoms with E-state index in [4.69, 9.17) is 5.11 Å². The summed E-state index contributed by atoms with van der Waals surface area (Å²) in [6.07, 6.45) is 2.33. The second-order valence-electron chi connectivity index (χ2n) is 3.82. The van der Waals surface area contributed by atoms with E-state index in [-0.39, 0.29) is 10.5 Å². The minimum Gasteiger partial charge on any atom is -0.475 e. The van der Waals surface area contributed by atoms with E-state index in [9.17, 15) is 18.0 Å². The molecule has 0 saturated heterocycles. The van der Waals surface area contributed by atoms with Gasteiger partial charge in [-0.2, -0.15) is 0 Å². The number of nitrogens with one attached hydrogen (secondary N) is 1. The fourth-order valence-corrected chi connectivity index (χ4v) is 2.29. The van der Waals surface area contributed by atoms with E-state index in [0.29, 0.717) is 10.9 Å². The molecule has 0 amide bonds. The number of benzene rings is 1. The number of carboxylic acid groups (broad SMARTS) is 1. The van der Waals surface area contributed by atoms with Gasteiger partial charge >= 0.3 is 5.97 Å². The molecular formula is C11H9NO5S. The summed E-state index contributed by atoms with van der Waals surface area (Å²) < 4.78 is 22.7. The topological polar surface area (TPSA) is 104 Å². The van der Waals surface area contributed by atoms with Gasteiger partial charge in [0.15, 0.2) is 9.84 Å².